The molecule has 3 aromatic rings. The van der Waals surface area contributed by atoms with E-state index >= 15 is 0 Å². The molecule has 0 saturated heterocycles. The van der Waals surface area contributed by atoms with Gasteiger partial charge in [-0.1, -0.05) is 11.6 Å². The van der Waals surface area contributed by atoms with Crippen molar-refractivity contribution in [1.29, 1.82) is 0 Å². The lowest BCUT2D eigenvalue weighted by atomic mass is 10.4. The van der Waals surface area contributed by atoms with Gasteiger partial charge in [-0.2, -0.15) is 0 Å². The van der Waals surface area contributed by atoms with Crippen LogP contribution in [0.3, 0.4) is 0 Å². The van der Waals surface area contributed by atoms with E-state index in [-0.39, 0.29) is 5.38 Å². The molecule has 3 rings (SSSR count). The highest BCUT2D eigenvalue weighted by Crippen LogP contribution is 2.26. The van der Waals surface area contributed by atoms with E-state index in [9.17, 15) is 0 Å². The molecular formula is C13H12Cl2N4S. The van der Waals surface area contributed by atoms with E-state index in [2.05, 4.69) is 15.0 Å². The second-order valence-corrected chi connectivity index (χ2v) is 6.58. The molecule has 3 heterocycles. The SMILES string of the molecule is Cc1csc(Cn2c(C(C)Cl)nc3cc(Cl)cnc32)n1. The Morgan fingerprint density at radius 1 is 1.40 bits per heavy atom. The predicted molar refractivity (Wildman–Crippen MR) is 82.8 cm³/mol. The van der Waals surface area contributed by atoms with Crippen molar-refractivity contribution >= 4 is 45.7 Å². The first-order chi connectivity index (χ1) is 9.54. The Balaban J connectivity index is 2.13. The molecule has 1 unspecified atom stereocenters. The molecule has 20 heavy (non-hydrogen) atoms. The molecule has 0 aromatic carbocycles. The number of aryl methyl sites for hydroxylation is 1. The van der Waals surface area contributed by atoms with E-state index < -0.39 is 0 Å². The highest BCUT2D eigenvalue weighted by Gasteiger charge is 2.17. The van der Waals surface area contributed by atoms with Crippen LogP contribution in [0.4, 0.5) is 0 Å². The average Bonchev–Trinajstić information content (AvgIpc) is 2.94. The van der Waals surface area contributed by atoms with E-state index in [0.717, 1.165) is 27.7 Å². The van der Waals surface area contributed by atoms with Crippen molar-refractivity contribution in [2.45, 2.75) is 25.8 Å². The van der Waals surface area contributed by atoms with Crippen LogP contribution >= 0.6 is 34.5 Å². The number of fused-ring (bicyclic) bond motifs is 1. The molecule has 0 aliphatic heterocycles. The van der Waals surface area contributed by atoms with Crippen LogP contribution in [-0.4, -0.2) is 19.5 Å². The highest BCUT2D eigenvalue weighted by molar-refractivity contribution is 7.09. The van der Waals surface area contributed by atoms with Gasteiger partial charge in [0.1, 0.15) is 16.3 Å². The van der Waals surface area contributed by atoms with Crippen LogP contribution in [0.15, 0.2) is 17.6 Å². The van der Waals surface area contributed by atoms with E-state index in [1.165, 1.54) is 0 Å². The number of hydrogen-bond acceptors (Lipinski definition) is 4. The van der Waals surface area contributed by atoms with Crippen LogP contribution in [0, 0.1) is 6.92 Å². The summed E-state index contributed by atoms with van der Waals surface area (Å²) < 4.78 is 2.00. The topological polar surface area (TPSA) is 43.6 Å². The Morgan fingerprint density at radius 2 is 2.20 bits per heavy atom. The summed E-state index contributed by atoms with van der Waals surface area (Å²) >= 11 is 13.8. The van der Waals surface area contributed by atoms with Crippen LogP contribution in [-0.2, 0) is 6.54 Å². The third kappa shape index (κ3) is 2.53. The van der Waals surface area contributed by atoms with Gasteiger partial charge >= 0.3 is 0 Å². The molecule has 0 aliphatic carbocycles. The summed E-state index contributed by atoms with van der Waals surface area (Å²) in [6, 6.07) is 1.80. The van der Waals surface area contributed by atoms with Gasteiger partial charge in [-0.25, -0.2) is 15.0 Å². The lowest BCUT2D eigenvalue weighted by Crippen LogP contribution is -2.06. The lowest BCUT2D eigenvalue weighted by molar-refractivity contribution is 0.731. The smallest absolute Gasteiger partial charge is 0.160 e. The summed E-state index contributed by atoms with van der Waals surface area (Å²) in [4.78, 5) is 13.4. The largest absolute Gasteiger partial charge is 0.305 e. The maximum absolute atomic E-state index is 6.23. The minimum atomic E-state index is -0.205. The standard InChI is InChI=1S/C13H12Cl2N4S/c1-7-6-20-11(17-7)5-19-12(8(2)14)18-10-3-9(15)4-16-13(10)19/h3-4,6,8H,5H2,1-2H3. The summed E-state index contributed by atoms with van der Waals surface area (Å²) in [5.41, 5.74) is 2.56. The monoisotopic (exact) mass is 326 g/mol. The Labute approximate surface area is 130 Å². The Morgan fingerprint density at radius 3 is 2.85 bits per heavy atom. The number of rotatable bonds is 3. The van der Waals surface area contributed by atoms with Crippen LogP contribution in [0.5, 0.6) is 0 Å². The summed E-state index contributed by atoms with van der Waals surface area (Å²) in [5.74, 6) is 0.782. The number of halogens is 2. The third-order valence-electron chi connectivity index (χ3n) is 2.90. The third-order valence-corrected chi connectivity index (χ3v) is 4.25. The zero-order valence-corrected chi connectivity index (χ0v) is 13.3. The molecule has 0 radical (unpaired) electrons. The predicted octanol–water partition coefficient (Wildman–Crippen LogP) is 4.20. The summed E-state index contributed by atoms with van der Waals surface area (Å²) in [5, 5.41) is 3.41. The Bertz CT molecular complexity index is 763. The van der Waals surface area contributed by atoms with Crippen molar-refractivity contribution in [3.05, 3.63) is 39.2 Å². The van der Waals surface area contributed by atoms with Crippen molar-refractivity contribution in [2.75, 3.05) is 0 Å². The molecule has 0 bridgehead atoms. The van der Waals surface area contributed by atoms with Gasteiger partial charge in [0.2, 0.25) is 0 Å². The molecule has 3 aromatic heterocycles. The molecule has 0 spiro atoms. The second-order valence-electron chi connectivity index (χ2n) is 4.55. The molecule has 4 nitrogen and oxygen atoms in total. The van der Waals surface area contributed by atoms with Crippen molar-refractivity contribution in [3.8, 4) is 0 Å². The van der Waals surface area contributed by atoms with E-state index in [0.29, 0.717) is 11.6 Å². The van der Waals surface area contributed by atoms with Crippen molar-refractivity contribution in [3.63, 3.8) is 0 Å². The number of pyridine rings is 1. The summed E-state index contributed by atoms with van der Waals surface area (Å²) in [6.07, 6.45) is 1.62. The van der Waals surface area contributed by atoms with Gasteiger partial charge in [-0.05, 0) is 19.9 Å². The number of hydrogen-bond donors (Lipinski definition) is 0. The molecule has 0 fully saturated rings. The normalized spacial score (nSPS) is 13.0. The Hall–Kier alpha value is -1.17. The summed E-state index contributed by atoms with van der Waals surface area (Å²) in [6.45, 7) is 4.50. The minimum absolute atomic E-state index is 0.205. The molecule has 0 saturated carbocycles. The number of imidazole rings is 1. The maximum Gasteiger partial charge on any atom is 0.160 e. The van der Waals surface area contributed by atoms with Gasteiger partial charge in [0.15, 0.2) is 5.65 Å². The van der Waals surface area contributed by atoms with E-state index in [4.69, 9.17) is 23.2 Å². The number of alkyl halides is 1. The van der Waals surface area contributed by atoms with Crippen LogP contribution in [0.2, 0.25) is 5.02 Å². The zero-order chi connectivity index (χ0) is 14.3. The van der Waals surface area contributed by atoms with E-state index in [1.807, 2.05) is 23.8 Å². The minimum Gasteiger partial charge on any atom is -0.305 e. The lowest BCUT2D eigenvalue weighted by Gasteiger charge is -2.07. The second kappa shape index (κ2) is 5.31. The fourth-order valence-electron chi connectivity index (χ4n) is 2.07. The number of thiazole rings is 1. The first-order valence-corrected chi connectivity index (χ1v) is 7.81. The van der Waals surface area contributed by atoms with Crippen LogP contribution in [0.1, 0.15) is 28.8 Å². The van der Waals surface area contributed by atoms with Gasteiger partial charge in [-0.3, -0.25) is 0 Å². The van der Waals surface area contributed by atoms with Crippen LogP contribution in [0.25, 0.3) is 11.2 Å². The molecular weight excluding hydrogens is 315 g/mol. The fraction of sp³-hybridized carbons (Fsp3) is 0.308. The fourth-order valence-corrected chi connectivity index (χ4v) is 3.15. The molecule has 0 amide bonds. The molecule has 0 N–H and O–H groups in total. The maximum atomic E-state index is 6.23. The van der Waals surface area contributed by atoms with Gasteiger partial charge in [0.05, 0.1) is 16.9 Å². The first kappa shape index (κ1) is 13.8. The zero-order valence-electron chi connectivity index (χ0n) is 11.0. The Kier molecular flexibility index (Phi) is 3.67. The van der Waals surface area contributed by atoms with Gasteiger partial charge in [-0.15, -0.1) is 22.9 Å². The highest BCUT2D eigenvalue weighted by atomic mass is 35.5. The van der Waals surface area contributed by atoms with Gasteiger partial charge in [0.25, 0.3) is 0 Å². The van der Waals surface area contributed by atoms with Crippen molar-refractivity contribution < 1.29 is 0 Å². The molecule has 104 valence electrons. The summed E-state index contributed by atoms with van der Waals surface area (Å²) in [7, 11) is 0. The van der Waals surface area contributed by atoms with Crippen molar-refractivity contribution in [1.82, 2.24) is 19.5 Å². The van der Waals surface area contributed by atoms with E-state index in [1.54, 1.807) is 23.6 Å². The number of aromatic nitrogens is 4. The first-order valence-electron chi connectivity index (χ1n) is 6.11. The molecule has 1 atom stereocenters. The van der Waals surface area contributed by atoms with Gasteiger partial charge in [0, 0.05) is 17.3 Å². The van der Waals surface area contributed by atoms with Crippen LogP contribution < -0.4 is 0 Å². The molecule has 7 heteroatoms. The average molecular weight is 327 g/mol. The van der Waals surface area contributed by atoms with Crippen molar-refractivity contribution in [2.24, 2.45) is 0 Å². The molecule has 0 aliphatic rings. The quantitative estimate of drug-likeness (QED) is 0.677. The van der Waals surface area contributed by atoms with Gasteiger partial charge < -0.3 is 4.57 Å². The number of nitrogens with zero attached hydrogens (tertiary/aromatic N) is 4.